The Kier molecular flexibility index (Phi) is 3.58. The highest BCUT2D eigenvalue weighted by molar-refractivity contribution is 5.76. The third kappa shape index (κ3) is 2.57. The standard InChI is InChI=1S/C15H16N2O/c1-14(2,10-16)12-6-11(9-18)7-13(8-12)15(3,4)17-5/h6-9H,1-4H3. The van der Waals surface area contributed by atoms with Gasteiger partial charge in [-0.25, -0.2) is 6.57 Å². The number of aldehydes is 1. The summed E-state index contributed by atoms with van der Waals surface area (Å²) in [5, 5.41) is 9.16. The van der Waals surface area contributed by atoms with Crippen molar-refractivity contribution in [3.05, 3.63) is 46.3 Å². The summed E-state index contributed by atoms with van der Waals surface area (Å²) in [7, 11) is 0. The van der Waals surface area contributed by atoms with Crippen molar-refractivity contribution in [1.29, 1.82) is 5.26 Å². The number of carbonyl (C=O) groups excluding carboxylic acids is 1. The highest BCUT2D eigenvalue weighted by atomic mass is 16.1. The van der Waals surface area contributed by atoms with Crippen molar-refractivity contribution in [2.24, 2.45) is 0 Å². The smallest absolute Gasteiger partial charge is 0.252 e. The lowest BCUT2D eigenvalue weighted by Gasteiger charge is -2.20. The van der Waals surface area contributed by atoms with E-state index in [1.165, 1.54) is 0 Å². The predicted molar refractivity (Wildman–Crippen MR) is 70.1 cm³/mol. The summed E-state index contributed by atoms with van der Waals surface area (Å²) >= 11 is 0. The minimum Gasteiger partial charge on any atom is -0.306 e. The van der Waals surface area contributed by atoms with Gasteiger partial charge in [-0.15, -0.1) is 0 Å². The number of carbonyl (C=O) groups is 1. The van der Waals surface area contributed by atoms with Gasteiger partial charge in [0.25, 0.3) is 5.54 Å². The summed E-state index contributed by atoms with van der Waals surface area (Å²) in [6.07, 6.45) is 0.750. The summed E-state index contributed by atoms with van der Waals surface area (Å²) in [6, 6.07) is 7.47. The number of hydrogen-bond donors (Lipinski definition) is 0. The average molecular weight is 240 g/mol. The van der Waals surface area contributed by atoms with Crippen molar-refractivity contribution in [3.8, 4) is 6.07 Å². The van der Waals surface area contributed by atoms with Crippen LogP contribution in [0.1, 0.15) is 49.2 Å². The zero-order valence-corrected chi connectivity index (χ0v) is 11.1. The van der Waals surface area contributed by atoms with Gasteiger partial charge in [0.15, 0.2) is 0 Å². The Hall–Kier alpha value is -2.13. The molecule has 0 N–H and O–H groups in total. The molecule has 1 aromatic carbocycles. The monoisotopic (exact) mass is 240 g/mol. The molecule has 1 aromatic rings. The first-order chi connectivity index (χ1) is 8.26. The molecule has 0 aliphatic heterocycles. The van der Waals surface area contributed by atoms with Crippen molar-refractivity contribution < 1.29 is 4.79 Å². The third-order valence-electron chi connectivity index (χ3n) is 3.08. The van der Waals surface area contributed by atoms with Gasteiger partial charge in [0, 0.05) is 25.0 Å². The molecule has 0 fully saturated rings. The molecule has 18 heavy (non-hydrogen) atoms. The fourth-order valence-corrected chi connectivity index (χ4v) is 1.56. The van der Waals surface area contributed by atoms with Gasteiger partial charge in [0.2, 0.25) is 0 Å². The van der Waals surface area contributed by atoms with Crippen LogP contribution in [-0.4, -0.2) is 6.29 Å². The molecule has 0 saturated heterocycles. The van der Waals surface area contributed by atoms with E-state index in [1.54, 1.807) is 39.8 Å². The molecule has 0 unspecified atom stereocenters. The first kappa shape index (κ1) is 13.9. The molecule has 92 valence electrons. The first-order valence-corrected chi connectivity index (χ1v) is 5.68. The van der Waals surface area contributed by atoms with E-state index in [9.17, 15) is 4.79 Å². The normalized spacial score (nSPS) is 11.4. The molecule has 3 nitrogen and oxygen atoms in total. The Labute approximate surface area is 108 Å². The van der Waals surface area contributed by atoms with E-state index >= 15 is 0 Å². The van der Waals surface area contributed by atoms with Gasteiger partial charge < -0.3 is 4.85 Å². The van der Waals surface area contributed by atoms with Gasteiger partial charge in [0.1, 0.15) is 6.29 Å². The van der Waals surface area contributed by atoms with Crippen molar-refractivity contribution in [1.82, 2.24) is 0 Å². The molecule has 1 rings (SSSR count). The van der Waals surface area contributed by atoms with Crippen LogP contribution in [0.4, 0.5) is 0 Å². The molecular formula is C15H16N2O. The number of nitriles is 1. The second kappa shape index (κ2) is 4.63. The molecular weight excluding hydrogens is 224 g/mol. The average Bonchev–Trinajstić information content (AvgIpc) is 2.38. The second-order valence-corrected chi connectivity index (χ2v) is 5.37. The molecule has 0 spiro atoms. The quantitative estimate of drug-likeness (QED) is 0.600. The van der Waals surface area contributed by atoms with Crippen LogP contribution < -0.4 is 0 Å². The lowest BCUT2D eigenvalue weighted by Crippen LogP contribution is -2.18. The van der Waals surface area contributed by atoms with E-state index in [2.05, 4.69) is 10.9 Å². The molecule has 3 heteroatoms. The van der Waals surface area contributed by atoms with Crippen molar-refractivity contribution in [2.75, 3.05) is 0 Å². The van der Waals surface area contributed by atoms with Gasteiger partial charge in [0.05, 0.1) is 11.5 Å². The van der Waals surface area contributed by atoms with Crippen LogP contribution in [0.2, 0.25) is 0 Å². The van der Waals surface area contributed by atoms with Crippen molar-refractivity contribution in [3.63, 3.8) is 0 Å². The molecule has 0 aromatic heterocycles. The van der Waals surface area contributed by atoms with Crippen molar-refractivity contribution >= 4 is 6.29 Å². The van der Waals surface area contributed by atoms with Crippen LogP contribution in [0.25, 0.3) is 4.85 Å². The van der Waals surface area contributed by atoms with Gasteiger partial charge in [-0.3, -0.25) is 4.79 Å². The maximum atomic E-state index is 11.0. The summed E-state index contributed by atoms with van der Waals surface area (Å²) in [5.74, 6) is 0. The topological polar surface area (TPSA) is 45.2 Å². The largest absolute Gasteiger partial charge is 0.306 e. The van der Waals surface area contributed by atoms with E-state index in [0.29, 0.717) is 5.56 Å². The fraction of sp³-hybridized carbons (Fsp3) is 0.400. The second-order valence-electron chi connectivity index (χ2n) is 5.37. The van der Waals surface area contributed by atoms with E-state index in [4.69, 9.17) is 11.8 Å². The summed E-state index contributed by atoms with van der Waals surface area (Å²) < 4.78 is 0. The Morgan fingerprint density at radius 3 is 2.22 bits per heavy atom. The van der Waals surface area contributed by atoms with Crippen molar-refractivity contribution in [2.45, 2.75) is 38.6 Å². The Balaban J connectivity index is 3.52. The van der Waals surface area contributed by atoms with Gasteiger partial charge in [-0.05, 0) is 37.6 Å². The minimum absolute atomic E-state index is 0.502. The maximum absolute atomic E-state index is 11.0. The SMILES string of the molecule is [C-]#[N+]C(C)(C)c1cc(C=O)cc(C(C)(C)C#N)c1. The van der Waals surface area contributed by atoms with Crippen LogP contribution in [0.15, 0.2) is 18.2 Å². The van der Waals surface area contributed by atoms with E-state index in [1.807, 2.05) is 6.07 Å². The highest BCUT2D eigenvalue weighted by Gasteiger charge is 2.29. The van der Waals surface area contributed by atoms with Crippen LogP contribution in [0.5, 0.6) is 0 Å². The molecule has 0 aliphatic rings. The van der Waals surface area contributed by atoms with Gasteiger partial charge in [-0.1, -0.05) is 0 Å². The lowest BCUT2D eigenvalue weighted by atomic mass is 9.82. The van der Waals surface area contributed by atoms with E-state index in [0.717, 1.165) is 17.4 Å². The Morgan fingerprint density at radius 1 is 1.22 bits per heavy atom. The number of rotatable bonds is 3. The van der Waals surface area contributed by atoms with Crippen LogP contribution in [0, 0.1) is 17.9 Å². The summed E-state index contributed by atoms with van der Waals surface area (Å²) in [4.78, 5) is 14.5. The number of benzene rings is 1. The summed E-state index contributed by atoms with van der Waals surface area (Å²) in [6.45, 7) is 14.4. The van der Waals surface area contributed by atoms with Crippen LogP contribution in [0.3, 0.4) is 0 Å². The maximum Gasteiger partial charge on any atom is 0.252 e. The lowest BCUT2D eigenvalue weighted by molar-refractivity contribution is 0.112. The fourth-order valence-electron chi connectivity index (χ4n) is 1.56. The van der Waals surface area contributed by atoms with Crippen LogP contribution >= 0.6 is 0 Å². The zero-order valence-electron chi connectivity index (χ0n) is 11.1. The van der Waals surface area contributed by atoms with Crippen LogP contribution in [-0.2, 0) is 11.0 Å². The molecule has 0 atom stereocenters. The predicted octanol–water partition coefficient (Wildman–Crippen LogP) is 3.45. The zero-order chi connectivity index (χ0) is 14.0. The minimum atomic E-state index is -0.695. The molecule has 0 aliphatic carbocycles. The number of nitrogens with zero attached hydrogens (tertiary/aromatic N) is 2. The summed E-state index contributed by atoms with van der Waals surface area (Å²) in [5.41, 5.74) is 0.662. The molecule has 0 radical (unpaired) electrons. The first-order valence-electron chi connectivity index (χ1n) is 5.68. The Bertz CT molecular complexity index is 513. The number of hydrogen-bond acceptors (Lipinski definition) is 2. The molecule has 0 heterocycles. The van der Waals surface area contributed by atoms with Gasteiger partial charge in [-0.2, -0.15) is 5.26 Å². The van der Waals surface area contributed by atoms with Gasteiger partial charge >= 0.3 is 0 Å². The highest BCUT2D eigenvalue weighted by Crippen LogP contribution is 2.31. The van der Waals surface area contributed by atoms with E-state index in [-0.39, 0.29) is 0 Å². The molecule has 0 amide bonds. The molecule has 0 bridgehead atoms. The third-order valence-corrected chi connectivity index (χ3v) is 3.08. The Morgan fingerprint density at radius 2 is 1.78 bits per heavy atom. The van der Waals surface area contributed by atoms with E-state index < -0.39 is 11.0 Å². The molecule has 0 saturated carbocycles.